The molecule has 0 bridgehead atoms. The molecule has 1 fully saturated rings. The summed E-state index contributed by atoms with van der Waals surface area (Å²) in [4.78, 5) is 11.9. The van der Waals surface area contributed by atoms with Crippen molar-refractivity contribution < 1.29 is 4.79 Å². The molecular formula is C13H17BrN2OS. The number of hydrogen-bond donors (Lipinski definition) is 2. The van der Waals surface area contributed by atoms with Crippen molar-refractivity contribution >= 4 is 45.0 Å². The molecule has 18 heavy (non-hydrogen) atoms. The molecule has 5 heteroatoms. The number of nitrogen functional groups attached to an aromatic ring is 1. The Balaban J connectivity index is 1.90. The molecule has 0 atom stereocenters. The van der Waals surface area contributed by atoms with E-state index >= 15 is 0 Å². The lowest BCUT2D eigenvalue weighted by molar-refractivity contribution is -0.117. The van der Waals surface area contributed by atoms with Crippen molar-refractivity contribution in [2.45, 2.75) is 19.3 Å². The van der Waals surface area contributed by atoms with Gasteiger partial charge in [0.05, 0.1) is 5.69 Å². The van der Waals surface area contributed by atoms with Crippen LogP contribution in [0.4, 0.5) is 11.4 Å². The SMILES string of the molecule is Nc1ccc(NC(=O)CC2CCSCC2)c(Br)c1. The molecule has 0 unspecified atom stereocenters. The first-order valence-electron chi connectivity index (χ1n) is 6.08. The third kappa shape index (κ3) is 3.92. The van der Waals surface area contributed by atoms with Crippen molar-refractivity contribution in [2.24, 2.45) is 5.92 Å². The number of thioether (sulfide) groups is 1. The van der Waals surface area contributed by atoms with Crippen LogP contribution in [0, 0.1) is 5.92 Å². The molecule has 0 radical (unpaired) electrons. The number of nitrogens with two attached hydrogens (primary N) is 1. The molecule has 98 valence electrons. The van der Waals surface area contributed by atoms with E-state index in [4.69, 9.17) is 5.73 Å². The van der Waals surface area contributed by atoms with Crippen LogP contribution in [0.15, 0.2) is 22.7 Å². The second-order valence-corrected chi connectivity index (χ2v) is 6.63. The molecule has 2 rings (SSSR count). The van der Waals surface area contributed by atoms with E-state index in [1.165, 1.54) is 11.5 Å². The Morgan fingerprint density at radius 1 is 1.44 bits per heavy atom. The predicted octanol–water partition coefficient (Wildman–Crippen LogP) is 3.50. The number of amides is 1. The van der Waals surface area contributed by atoms with Crippen LogP contribution >= 0.6 is 27.7 Å². The first-order valence-corrected chi connectivity index (χ1v) is 8.02. The minimum absolute atomic E-state index is 0.0948. The van der Waals surface area contributed by atoms with E-state index in [-0.39, 0.29) is 5.91 Å². The first kappa shape index (κ1) is 13.7. The van der Waals surface area contributed by atoms with E-state index in [1.54, 1.807) is 12.1 Å². The number of carbonyl (C=O) groups excluding carboxylic acids is 1. The van der Waals surface area contributed by atoms with Crippen LogP contribution in [0.2, 0.25) is 0 Å². The van der Waals surface area contributed by atoms with Gasteiger partial charge in [0.15, 0.2) is 0 Å². The molecule has 0 aliphatic carbocycles. The maximum Gasteiger partial charge on any atom is 0.224 e. The van der Waals surface area contributed by atoms with Gasteiger partial charge in [-0.1, -0.05) is 0 Å². The first-order chi connectivity index (χ1) is 8.65. The van der Waals surface area contributed by atoms with Crippen LogP contribution in [0.5, 0.6) is 0 Å². The number of hydrogen-bond acceptors (Lipinski definition) is 3. The fraction of sp³-hybridized carbons (Fsp3) is 0.462. The summed E-state index contributed by atoms with van der Waals surface area (Å²) in [7, 11) is 0. The van der Waals surface area contributed by atoms with Crippen LogP contribution in [-0.2, 0) is 4.79 Å². The van der Waals surface area contributed by atoms with Crippen molar-refractivity contribution in [2.75, 3.05) is 22.6 Å². The lowest BCUT2D eigenvalue weighted by Crippen LogP contribution is -2.19. The molecule has 1 aromatic carbocycles. The van der Waals surface area contributed by atoms with Crippen LogP contribution in [-0.4, -0.2) is 17.4 Å². The van der Waals surface area contributed by atoms with Gasteiger partial charge in [0.1, 0.15) is 0 Å². The van der Waals surface area contributed by atoms with Crippen molar-refractivity contribution in [1.29, 1.82) is 0 Å². The van der Waals surface area contributed by atoms with Crippen LogP contribution in [0.3, 0.4) is 0 Å². The molecular weight excluding hydrogens is 312 g/mol. The van der Waals surface area contributed by atoms with Gasteiger partial charge in [-0.2, -0.15) is 11.8 Å². The van der Waals surface area contributed by atoms with Gasteiger partial charge in [0.25, 0.3) is 0 Å². The zero-order chi connectivity index (χ0) is 13.0. The van der Waals surface area contributed by atoms with E-state index in [0.29, 0.717) is 18.0 Å². The molecule has 1 aromatic rings. The second kappa shape index (κ2) is 6.48. The summed E-state index contributed by atoms with van der Waals surface area (Å²) in [5.74, 6) is 3.00. The topological polar surface area (TPSA) is 55.1 Å². The molecule has 3 N–H and O–H groups in total. The Kier molecular flexibility index (Phi) is 4.95. The van der Waals surface area contributed by atoms with Crippen LogP contribution in [0.1, 0.15) is 19.3 Å². The summed E-state index contributed by atoms with van der Waals surface area (Å²) in [6, 6.07) is 5.42. The van der Waals surface area contributed by atoms with Gasteiger partial charge in [-0.3, -0.25) is 4.79 Å². The Morgan fingerprint density at radius 2 is 2.17 bits per heavy atom. The van der Waals surface area contributed by atoms with E-state index in [9.17, 15) is 4.79 Å². The summed E-state index contributed by atoms with van der Waals surface area (Å²) in [5.41, 5.74) is 7.14. The molecule has 0 aromatic heterocycles. The van der Waals surface area contributed by atoms with Crippen molar-refractivity contribution in [3.63, 3.8) is 0 Å². The van der Waals surface area contributed by atoms with Crippen molar-refractivity contribution in [3.05, 3.63) is 22.7 Å². The highest BCUT2D eigenvalue weighted by atomic mass is 79.9. The Morgan fingerprint density at radius 3 is 2.83 bits per heavy atom. The largest absolute Gasteiger partial charge is 0.399 e. The second-order valence-electron chi connectivity index (χ2n) is 4.55. The summed E-state index contributed by atoms with van der Waals surface area (Å²) in [5, 5.41) is 2.94. The van der Waals surface area contributed by atoms with Gasteiger partial charge >= 0.3 is 0 Å². The number of nitrogens with one attached hydrogen (secondary N) is 1. The number of anilines is 2. The summed E-state index contributed by atoms with van der Waals surface area (Å²) in [6.45, 7) is 0. The number of rotatable bonds is 3. The molecule has 1 amide bonds. The highest BCUT2D eigenvalue weighted by Gasteiger charge is 2.17. The highest BCUT2D eigenvalue weighted by molar-refractivity contribution is 9.10. The van der Waals surface area contributed by atoms with Gasteiger partial charge in [-0.25, -0.2) is 0 Å². The minimum atomic E-state index is 0.0948. The van der Waals surface area contributed by atoms with Gasteiger partial charge in [0, 0.05) is 16.6 Å². The summed E-state index contributed by atoms with van der Waals surface area (Å²) < 4.78 is 0.829. The lowest BCUT2D eigenvalue weighted by Gasteiger charge is -2.20. The standard InChI is InChI=1S/C13H17BrN2OS/c14-11-8-10(15)1-2-12(11)16-13(17)7-9-3-5-18-6-4-9/h1-2,8-9H,3-7,15H2,(H,16,17). The maximum atomic E-state index is 11.9. The fourth-order valence-corrected chi connectivity index (χ4v) is 3.75. The van der Waals surface area contributed by atoms with E-state index in [2.05, 4.69) is 21.2 Å². The monoisotopic (exact) mass is 328 g/mol. The highest BCUT2D eigenvalue weighted by Crippen LogP contribution is 2.27. The van der Waals surface area contributed by atoms with Gasteiger partial charge in [-0.05, 0) is 64.4 Å². The van der Waals surface area contributed by atoms with Gasteiger partial charge in [-0.15, -0.1) is 0 Å². The summed E-state index contributed by atoms with van der Waals surface area (Å²) >= 11 is 5.38. The lowest BCUT2D eigenvalue weighted by atomic mass is 9.98. The molecule has 1 saturated heterocycles. The van der Waals surface area contributed by atoms with E-state index < -0.39 is 0 Å². The maximum absolute atomic E-state index is 11.9. The third-order valence-corrected chi connectivity index (χ3v) is 4.79. The number of carbonyl (C=O) groups is 1. The zero-order valence-corrected chi connectivity index (χ0v) is 12.5. The fourth-order valence-electron chi connectivity index (χ4n) is 2.05. The van der Waals surface area contributed by atoms with E-state index in [0.717, 1.165) is 23.0 Å². The Bertz CT molecular complexity index is 433. The Hall–Kier alpha value is -0.680. The minimum Gasteiger partial charge on any atom is -0.399 e. The number of halogens is 1. The van der Waals surface area contributed by atoms with Crippen LogP contribution < -0.4 is 11.1 Å². The smallest absolute Gasteiger partial charge is 0.224 e. The zero-order valence-electron chi connectivity index (χ0n) is 10.1. The molecule has 3 nitrogen and oxygen atoms in total. The normalized spacial score (nSPS) is 16.5. The van der Waals surface area contributed by atoms with Crippen molar-refractivity contribution in [3.8, 4) is 0 Å². The van der Waals surface area contributed by atoms with Gasteiger partial charge in [0.2, 0.25) is 5.91 Å². The Labute approximate surface area is 120 Å². The van der Waals surface area contributed by atoms with Crippen LogP contribution in [0.25, 0.3) is 0 Å². The molecule has 1 aliphatic rings. The van der Waals surface area contributed by atoms with Gasteiger partial charge < -0.3 is 11.1 Å². The third-order valence-electron chi connectivity index (χ3n) is 3.08. The predicted molar refractivity (Wildman–Crippen MR) is 81.9 cm³/mol. The molecule has 0 spiro atoms. The average molecular weight is 329 g/mol. The summed E-state index contributed by atoms with van der Waals surface area (Å²) in [6.07, 6.45) is 2.93. The molecule has 0 saturated carbocycles. The van der Waals surface area contributed by atoms with Crippen molar-refractivity contribution in [1.82, 2.24) is 0 Å². The quantitative estimate of drug-likeness (QED) is 0.835. The molecule has 1 aliphatic heterocycles. The number of benzene rings is 1. The molecule has 1 heterocycles. The average Bonchev–Trinajstić information content (AvgIpc) is 2.34. The van der Waals surface area contributed by atoms with E-state index in [1.807, 2.05) is 17.8 Å².